The third-order valence-electron chi connectivity index (χ3n) is 4.96. The molecule has 3 rings (SSSR count). The van der Waals surface area contributed by atoms with Gasteiger partial charge in [0.2, 0.25) is 0 Å². The predicted octanol–water partition coefficient (Wildman–Crippen LogP) is 2.43. The Morgan fingerprint density at radius 2 is 1.88 bits per heavy atom. The highest BCUT2D eigenvalue weighted by molar-refractivity contribution is 14.0. The van der Waals surface area contributed by atoms with Crippen LogP contribution in [-0.4, -0.2) is 74.4 Å². The summed E-state index contributed by atoms with van der Waals surface area (Å²) in [4.78, 5) is 20.7. The van der Waals surface area contributed by atoms with E-state index in [0.717, 1.165) is 38.8 Å². The van der Waals surface area contributed by atoms with Crippen molar-refractivity contribution < 1.29 is 14.6 Å². The van der Waals surface area contributed by atoms with E-state index in [1.165, 1.54) is 17.0 Å². The molecule has 32 heavy (non-hydrogen) atoms. The standard InChI is InChI=1S/C22H31N5O3S.HI/c1-2-23-22(25-10-9-24-21(29)17-5-7-18(28)8-6-17)26-16-19(20-4-3-15-31-20)27-11-13-30-14-12-27;/h3-8,15,19,28H,2,9-14,16H2,1H3,(H,24,29)(H2,23,25,26);1H. The molecule has 1 aliphatic heterocycles. The summed E-state index contributed by atoms with van der Waals surface area (Å²) in [7, 11) is 0. The number of carbonyl (C=O) groups excluding carboxylic acids is 1. The summed E-state index contributed by atoms with van der Waals surface area (Å²) in [6, 6.07) is 10.7. The maximum Gasteiger partial charge on any atom is 0.251 e. The number of nitrogens with one attached hydrogen (secondary N) is 3. The zero-order valence-electron chi connectivity index (χ0n) is 18.3. The van der Waals surface area contributed by atoms with Gasteiger partial charge in [-0.15, -0.1) is 35.3 Å². The van der Waals surface area contributed by atoms with E-state index in [9.17, 15) is 9.90 Å². The summed E-state index contributed by atoms with van der Waals surface area (Å²) in [6.07, 6.45) is 0. The first-order chi connectivity index (χ1) is 15.2. The number of halogens is 1. The first-order valence-electron chi connectivity index (χ1n) is 10.6. The lowest BCUT2D eigenvalue weighted by molar-refractivity contribution is 0.0186. The molecule has 0 saturated carbocycles. The quantitative estimate of drug-likeness (QED) is 0.159. The largest absolute Gasteiger partial charge is 0.508 e. The maximum atomic E-state index is 12.2. The lowest BCUT2D eigenvalue weighted by Crippen LogP contribution is -2.43. The zero-order valence-corrected chi connectivity index (χ0v) is 21.4. The first-order valence-corrected chi connectivity index (χ1v) is 11.5. The third-order valence-corrected chi connectivity index (χ3v) is 5.93. The molecule has 0 bridgehead atoms. The van der Waals surface area contributed by atoms with Gasteiger partial charge in [-0.3, -0.25) is 14.7 Å². The molecule has 1 unspecified atom stereocenters. The molecule has 1 aromatic heterocycles. The fraction of sp³-hybridized carbons (Fsp3) is 0.455. The van der Waals surface area contributed by atoms with Crippen LogP contribution in [0.5, 0.6) is 5.75 Å². The Morgan fingerprint density at radius 1 is 1.16 bits per heavy atom. The van der Waals surface area contributed by atoms with Crippen LogP contribution in [0, 0.1) is 0 Å². The number of hydrogen-bond donors (Lipinski definition) is 4. The van der Waals surface area contributed by atoms with Gasteiger partial charge in [-0.05, 0) is 42.6 Å². The molecule has 176 valence electrons. The van der Waals surface area contributed by atoms with Crippen LogP contribution in [0.4, 0.5) is 0 Å². The van der Waals surface area contributed by atoms with Gasteiger partial charge in [0.25, 0.3) is 5.91 Å². The Labute approximate surface area is 210 Å². The highest BCUT2D eigenvalue weighted by Crippen LogP contribution is 2.26. The molecule has 1 fully saturated rings. The van der Waals surface area contributed by atoms with E-state index in [0.29, 0.717) is 25.2 Å². The van der Waals surface area contributed by atoms with Crippen molar-refractivity contribution in [3.05, 3.63) is 52.2 Å². The van der Waals surface area contributed by atoms with Gasteiger partial charge in [-0.25, -0.2) is 0 Å². The summed E-state index contributed by atoms with van der Waals surface area (Å²) in [5.41, 5.74) is 0.516. The van der Waals surface area contributed by atoms with E-state index >= 15 is 0 Å². The lowest BCUT2D eigenvalue weighted by Gasteiger charge is -2.33. The van der Waals surface area contributed by atoms with Gasteiger partial charge in [0, 0.05) is 43.2 Å². The molecule has 4 N–H and O–H groups in total. The summed E-state index contributed by atoms with van der Waals surface area (Å²) in [5, 5.41) is 20.9. The predicted molar refractivity (Wildman–Crippen MR) is 139 cm³/mol. The van der Waals surface area contributed by atoms with Crippen LogP contribution in [-0.2, 0) is 4.74 Å². The smallest absolute Gasteiger partial charge is 0.251 e. The molecule has 10 heteroatoms. The van der Waals surface area contributed by atoms with Gasteiger partial charge in [-0.1, -0.05) is 6.07 Å². The number of amides is 1. The Hall–Kier alpha value is -1.89. The molecule has 0 spiro atoms. The highest BCUT2D eigenvalue weighted by Gasteiger charge is 2.23. The molecule has 1 atom stereocenters. The third kappa shape index (κ3) is 8.23. The number of ether oxygens (including phenoxy) is 1. The first kappa shape index (κ1) is 26.4. The summed E-state index contributed by atoms with van der Waals surface area (Å²) < 4.78 is 5.51. The van der Waals surface area contributed by atoms with Crippen LogP contribution in [0.25, 0.3) is 0 Å². The van der Waals surface area contributed by atoms with Gasteiger partial charge in [-0.2, -0.15) is 0 Å². The minimum atomic E-state index is -0.172. The SMILES string of the molecule is CCNC(=NCC(c1cccs1)N1CCOCC1)NCCNC(=O)c1ccc(O)cc1.I. The summed E-state index contributed by atoms with van der Waals surface area (Å²) >= 11 is 1.76. The molecule has 2 aromatic rings. The van der Waals surface area contributed by atoms with Crippen LogP contribution in [0.3, 0.4) is 0 Å². The number of phenols is 1. The van der Waals surface area contributed by atoms with Crippen molar-refractivity contribution in [2.45, 2.75) is 13.0 Å². The molecule has 8 nitrogen and oxygen atoms in total. The summed E-state index contributed by atoms with van der Waals surface area (Å²) in [6.45, 7) is 7.77. The number of aromatic hydroxyl groups is 1. The normalized spacial score (nSPS) is 15.5. The Morgan fingerprint density at radius 3 is 2.53 bits per heavy atom. The minimum Gasteiger partial charge on any atom is -0.508 e. The fourth-order valence-corrected chi connectivity index (χ4v) is 4.20. The van der Waals surface area contributed by atoms with Gasteiger partial charge < -0.3 is 25.8 Å². The Kier molecular flexibility index (Phi) is 11.8. The number of morpholine rings is 1. The van der Waals surface area contributed by atoms with Crippen LogP contribution >= 0.6 is 35.3 Å². The molecular formula is C22H32IN5O3S. The Balaban J connectivity index is 0.00000363. The Bertz CT molecular complexity index is 827. The van der Waals surface area contributed by atoms with E-state index < -0.39 is 0 Å². The monoisotopic (exact) mass is 573 g/mol. The van der Waals surface area contributed by atoms with Crippen LogP contribution in [0.15, 0.2) is 46.8 Å². The lowest BCUT2D eigenvalue weighted by atomic mass is 10.2. The van der Waals surface area contributed by atoms with Crippen molar-refractivity contribution in [1.82, 2.24) is 20.9 Å². The van der Waals surface area contributed by atoms with E-state index in [4.69, 9.17) is 9.73 Å². The van der Waals surface area contributed by atoms with Crippen molar-refractivity contribution in [1.29, 1.82) is 0 Å². The van der Waals surface area contributed by atoms with E-state index in [-0.39, 0.29) is 41.7 Å². The summed E-state index contributed by atoms with van der Waals surface area (Å²) in [5.74, 6) is 0.702. The molecule has 1 aliphatic rings. The number of aliphatic imine (C=N–C) groups is 1. The molecule has 1 amide bonds. The van der Waals surface area contributed by atoms with Gasteiger partial charge in [0.1, 0.15) is 5.75 Å². The van der Waals surface area contributed by atoms with E-state index in [1.807, 2.05) is 6.92 Å². The second-order valence-electron chi connectivity index (χ2n) is 7.13. The number of carbonyl (C=O) groups is 1. The average Bonchev–Trinajstić information content (AvgIpc) is 3.32. The molecule has 2 heterocycles. The zero-order chi connectivity index (χ0) is 21.9. The van der Waals surface area contributed by atoms with Crippen LogP contribution in [0.2, 0.25) is 0 Å². The fourth-order valence-electron chi connectivity index (χ4n) is 3.35. The number of thiophene rings is 1. The molecule has 1 aromatic carbocycles. The van der Waals surface area contributed by atoms with Gasteiger partial charge >= 0.3 is 0 Å². The van der Waals surface area contributed by atoms with Crippen LogP contribution < -0.4 is 16.0 Å². The van der Waals surface area contributed by atoms with E-state index in [2.05, 4.69) is 38.4 Å². The number of benzene rings is 1. The average molecular weight is 574 g/mol. The second kappa shape index (κ2) is 14.3. The van der Waals surface area contributed by atoms with Crippen LogP contribution in [0.1, 0.15) is 28.2 Å². The number of nitrogens with zero attached hydrogens (tertiary/aromatic N) is 2. The molecule has 0 radical (unpaired) electrons. The number of hydrogen-bond acceptors (Lipinski definition) is 6. The van der Waals surface area contributed by atoms with Crippen molar-refractivity contribution in [3.8, 4) is 5.75 Å². The highest BCUT2D eigenvalue weighted by atomic mass is 127. The van der Waals surface area contributed by atoms with Crippen molar-refractivity contribution in [2.24, 2.45) is 4.99 Å². The van der Waals surface area contributed by atoms with E-state index in [1.54, 1.807) is 23.5 Å². The maximum absolute atomic E-state index is 12.2. The topological polar surface area (TPSA) is 98.2 Å². The molecular weight excluding hydrogens is 541 g/mol. The van der Waals surface area contributed by atoms with Crippen molar-refractivity contribution in [3.63, 3.8) is 0 Å². The minimum absolute atomic E-state index is 0. The number of rotatable bonds is 9. The molecule has 0 aliphatic carbocycles. The molecule has 1 saturated heterocycles. The number of guanidine groups is 1. The van der Waals surface area contributed by atoms with Crippen molar-refractivity contribution >= 4 is 47.2 Å². The van der Waals surface area contributed by atoms with Crippen molar-refractivity contribution in [2.75, 3.05) is 52.5 Å². The van der Waals surface area contributed by atoms with Gasteiger partial charge in [0.15, 0.2) is 5.96 Å². The van der Waals surface area contributed by atoms with Gasteiger partial charge in [0.05, 0.1) is 25.8 Å². The second-order valence-corrected chi connectivity index (χ2v) is 8.11. The number of phenolic OH excluding ortho intramolecular Hbond substituents is 1.